The molecule has 0 saturated carbocycles. The molecule has 6 heteroatoms. The van der Waals surface area contributed by atoms with Crippen LogP contribution in [0.1, 0.15) is 33.6 Å². The zero-order valence-corrected chi connectivity index (χ0v) is 13.6. The first-order valence-corrected chi connectivity index (χ1v) is 8.19. The van der Waals surface area contributed by atoms with Crippen molar-refractivity contribution in [2.75, 3.05) is 18.5 Å². The van der Waals surface area contributed by atoms with Gasteiger partial charge in [0.25, 0.3) is 11.8 Å². The van der Waals surface area contributed by atoms with Crippen molar-refractivity contribution in [2.24, 2.45) is 0 Å². The lowest BCUT2D eigenvalue weighted by Gasteiger charge is -2.14. The van der Waals surface area contributed by atoms with Crippen LogP contribution in [0.3, 0.4) is 0 Å². The van der Waals surface area contributed by atoms with Crippen LogP contribution in [0.15, 0.2) is 48.5 Å². The molecule has 0 bridgehead atoms. The fraction of sp³-hybridized carbons (Fsp3) is 0.263. The summed E-state index contributed by atoms with van der Waals surface area (Å²) in [5.41, 5.74) is 0.918. The summed E-state index contributed by atoms with van der Waals surface area (Å²) in [5, 5.41) is 5.49. The maximum Gasteiger partial charge on any atom is 0.255 e. The monoisotopic (exact) mass is 342 g/mol. The number of rotatable bonds is 5. The van der Waals surface area contributed by atoms with E-state index in [0.717, 1.165) is 25.5 Å². The van der Waals surface area contributed by atoms with E-state index in [-0.39, 0.29) is 17.6 Å². The van der Waals surface area contributed by atoms with E-state index < -0.39 is 11.7 Å². The standard InChI is InChI=1S/C19H19FN2O3/c20-14-6-3-5-13(11-14)18(23)22-17-9-2-1-8-16(17)19(24)21-12-15-7-4-10-25-15/h1-3,5-6,8-9,11,15H,4,7,10,12H2,(H,21,24)(H,22,23)/t15-/m1/s1. The Kier molecular flexibility index (Phi) is 5.40. The van der Waals surface area contributed by atoms with Crippen molar-refractivity contribution in [3.63, 3.8) is 0 Å². The fourth-order valence-electron chi connectivity index (χ4n) is 2.72. The molecule has 5 nitrogen and oxygen atoms in total. The van der Waals surface area contributed by atoms with E-state index in [1.54, 1.807) is 24.3 Å². The van der Waals surface area contributed by atoms with Gasteiger partial charge in [-0.3, -0.25) is 9.59 Å². The number of nitrogens with one attached hydrogen (secondary N) is 2. The maximum absolute atomic E-state index is 13.3. The Morgan fingerprint density at radius 1 is 1.12 bits per heavy atom. The van der Waals surface area contributed by atoms with Crippen LogP contribution >= 0.6 is 0 Å². The second-order valence-corrected chi connectivity index (χ2v) is 5.86. The molecule has 0 radical (unpaired) electrons. The molecule has 0 unspecified atom stereocenters. The first-order chi connectivity index (χ1) is 12.1. The van der Waals surface area contributed by atoms with E-state index in [4.69, 9.17) is 4.74 Å². The number of amides is 2. The number of ether oxygens (including phenoxy) is 1. The molecule has 1 fully saturated rings. The molecule has 2 aromatic rings. The zero-order valence-electron chi connectivity index (χ0n) is 13.6. The van der Waals surface area contributed by atoms with Crippen molar-refractivity contribution in [2.45, 2.75) is 18.9 Å². The average molecular weight is 342 g/mol. The Bertz CT molecular complexity index is 773. The van der Waals surface area contributed by atoms with Crippen LogP contribution in [-0.2, 0) is 4.74 Å². The topological polar surface area (TPSA) is 67.4 Å². The fourth-order valence-corrected chi connectivity index (χ4v) is 2.72. The van der Waals surface area contributed by atoms with Crippen LogP contribution in [0.5, 0.6) is 0 Å². The third kappa shape index (κ3) is 4.42. The second kappa shape index (κ2) is 7.90. The molecule has 0 spiro atoms. The summed E-state index contributed by atoms with van der Waals surface area (Å²) in [4.78, 5) is 24.7. The molecule has 1 aliphatic rings. The predicted octanol–water partition coefficient (Wildman–Crippen LogP) is 2.99. The highest BCUT2D eigenvalue weighted by molar-refractivity contribution is 6.09. The zero-order chi connectivity index (χ0) is 17.6. The number of carbonyl (C=O) groups is 2. The molecule has 2 N–H and O–H groups in total. The minimum absolute atomic E-state index is 0.0398. The molecule has 1 atom stereocenters. The highest BCUT2D eigenvalue weighted by Gasteiger charge is 2.18. The molecule has 0 aromatic heterocycles. The Balaban J connectivity index is 1.69. The molecule has 2 aromatic carbocycles. The number of benzene rings is 2. The summed E-state index contributed by atoms with van der Waals surface area (Å²) in [6, 6.07) is 12.1. The van der Waals surface area contributed by atoms with Gasteiger partial charge in [-0.05, 0) is 43.2 Å². The molecule has 0 aliphatic carbocycles. The Morgan fingerprint density at radius 3 is 2.72 bits per heavy atom. The third-order valence-corrected chi connectivity index (χ3v) is 4.02. The first kappa shape index (κ1) is 17.1. The van der Waals surface area contributed by atoms with Gasteiger partial charge in [0.2, 0.25) is 0 Å². The van der Waals surface area contributed by atoms with Gasteiger partial charge >= 0.3 is 0 Å². The number of carbonyl (C=O) groups excluding carboxylic acids is 2. The Hall–Kier alpha value is -2.73. The number of para-hydroxylation sites is 1. The summed E-state index contributed by atoms with van der Waals surface area (Å²) in [7, 11) is 0. The van der Waals surface area contributed by atoms with Crippen molar-refractivity contribution >= 4 is 17.5 Å². The highest BCUT2D eigenvalue weighted by Crippen LogP contribution is 2.17. The number of hydrogen-bond donors (Lipinski definition) is 2. The Labute approximate surface area is 145 Å². The van der Waals surface area contributed by atoms with Gasteiger partial charge < -0.3 is 15.4 Å². The van der Waals surface area contributed by atoms with Crippen molar-refractivity contribution in [1.82, 2.24) is 5.32 Å². The van der Waals surface area contributed by atoms with Gasteiger partial charge in [0, 0.05) is 18.7 Å². The van der Waals surface area contributed by atoms with Crippen LogP contribution in [0.4, 0.5) is 10.1 Å². The molecule has 1 saturated heterocycles. The normalized spacial score (nSPS) is 16.4. The minimum atomic E-state index is -0.491. The van der Waals surface area contributed by atoms with Gasteiger partial charge in [-0.25, -0.2) is 4.39 Å². The second-order valence-electron chi connectivity index (χ2n) is 5.86. The highest BCUT2D eigenvalue weighted by atomic mass is 19.1. The summed E-state index contributed by atoms with van der Waals surface area (Å²) in [5.74, 6) is -1.25. The van der Waals surface area contributed by atoms with E-state index in [1.807, 2.05) is 0 Å². The van der Waals surface area contributed by atoms with Gasteiger partial charge in [0.1, 0.15) is 5.82 Å². The van der Waals surface area contributed by atoms with E-state index in [1.165, 1.54) is 18.2 Å². The molecule has 3 rings (SSSR count). The lowest BCUT2D eigenvalue weighted by Crippen LogP contribution is -2.32. The van der Waals surface area contributed by atoms with E-state index in [2.05, 4.69) is 10.6 Å². The molecule has 2 amide bonds. The largest absolute Gasteiger partial charge is 0.376 e. The summed E-state index contributed by atoms with van der Waals surface area (Å²) in [6.45, 7) is 1.16. The van der Waals surface area contributed by atoms with Gasteiger partial charge in [0.15, 0.2) is 0 Å². The summed E-state index contributed by atoms with van der Waals surface area (Å²) < 4.78 is 18.7. The van der Waals surface area contributed by atoms with Crippen LogP contribution in [0, 0.1) is 5.82 Å². The van der Waals surface area contributed by atoms with Crippen molar-refractivity contribution in [3.05, 3.63) is 65.5 Å². The Morgan fingerprint density at radius 2 is 1.96 bits per heavy atom. The van der Waals surface area contributed by atoms with Gasteiger partial charge in [-0.2, -0.15) is 0 Å². The molecule has 130 valence electrons. The van der Waals surface area contributed by atoms with E-state index in [0.29, 0.717) is 17.8 Å². The average Bonchev–Trinajstić information content (AvgIpc) is 3.13. The predicted molar refractivity (Wildman–Crippen MR) is 92.1 cm³/mol. The number of hydrogen-bond acceptors (Lipinski definition) is 3. The van der Waals surface area contributed by atoms with Gasteiger partial charge in [-0.15, -0.1) is 0 Å². The van der Waals surface area contributed by atoms with Crippen LogP contribution < -0.4 is 10.6 Å². The summed E-state index contributed by atoms with van der Waals surface area (Å²) in [6.07, 6.45) is 1.97. The van der Waals surface area contributed by atoms with Crippen molar-refractivity contribution in [3.8, 4) is 0 Å². The summed E-state index contributed by atoms with van der Waals surface area (Å²) >= 11 is 0. The van der Waals surface area contributed by atoms with Crippen molar-refractivity contribution in [1.29, 1.82) is 0 Å². The van der Waals surface area contributed by atoms with Crippen molar-refractivity contribution < 1.29 is 18.7 Å². The lowest BCUT2D eigenvalue weighted by atomic mass is 10.1. The van der Waals surface area contributed by atoms with E-state index in [9.17, 15) is 14.0 Å². The molecule has 1 aliphatic heterocycles. The lowest BCUT2D eigenvalue weighted by molar-refractivity contribution is 0.0858. The maximum atomic E-state index is 13.3. The SMILES string of the molecule is O=C(Nc1ccccc1C(=O)NC[C@H]1CCCO1)c1cccc(F)c1. The molecular formula is C19H19FN2O3. The van der Waals surface area contributed by atoms with E-state index >= 15 is 0 Å². The quantitative estimate of drug-likeness (QED) is 0.878. The first-order valence-electron chi connectivity index (χ1n) is 8.19. The van der Waals surface area contributed by atoms with Crippen LogP contribution in [-0.4, -0.2) is 31.1 Å². The van der Waals surface area contributed by atoms with Gasteiger partial charge in [-0.1, -0.05) is 18.2 Å². The molecule has 25 heavy (non-hydrogen) atoms. The van der Waals surface area contributed by atoms with Crippen LogP contribution in [0.2, 0.25) is 0 Å². The number of halogens is 1. The van der Waals surface area contributed by atoms with Gasteiger partial charge in [0.05, 0.1) is 17.4 Å². The number of anilines is 1. The van der Waals surface area contributed by atoms with Crippen LogP contribution in [0.25, 0.3) is 0 Å². The minimum Gasteiger partial charge on any atom is -0.376 e. The molecule has 1 heterocycles. The smallest absolute Gasteiger partial charge is 0.255 e. The third-order valence-electron chi connectivity index (χ3n) is 4.02. The molecular weight excluding hydrogens is 323 g/mol.